The van der Waals surface area contributed by atoms with Gasteiger partial charge in [-0.25, -0.2) is 4.98 Å². The van der Waals surface area contributed by atoms with Crippen LogP contribution in [-0.4, -0.2) is 31.2 Å². The lowest BCUT2D eigenvalue weighted by Crippen LogP contribution is -2.25. The Kier molecular flexibility index (Phi) is 4.90. The van der Waals surface area contributed by atoms with E-state index < -0.39 is 11.7 Å². The minimum Gasteiger partial charge on any atom is -0.469 e. The van der Waals surface area contributed by atoms with Gasteiger partial charge in [0.25, 0.3) is 0 Å². The molecule has 1 heterocycles. The molecule has 2 rings (SSSR count). The highest BCUT2D eigenvalue weighted by molar-refractivity contribution is 7.22. The maximum Gasteiger partial charge on any atom is 0.416 e. The van der Waals surface area contributed by atoms with E-state index in [9.17, 15) is 18.0 Å². The number of hydrogen-bond acceptors (Lipinski definition) is 5. The summed E-state index contributed by atoms with van der Waals surface area (Å²) in [6.45, 7) is 2.91. The number of fused-ring (bicyclic) bond motifs is 1. The third kappa shape index (κ3) is 3.68. The van der Waals surface area contributed by atoms with Gasteiger partial charge in [-0.15, -0.1) is 0 Å². The summed E-state index contributed by atoms with van der Waals surface area (Å²) in [7, 11) is 1.31. The lowest BCUT2D eigenvalue weighted by molar-refractivity contribution is -0.140. The van der Waals surface area contributed by atoms with E-state index >= 15 is 0 Å². The van der Waals surface area contributed by atoms with Crippen LogP contribution in [0.1, 0.15) is 18.9 Å². The van der Waals surface area contributed by atoms with Crippen LogP contribution in [0.25, 0.3) is 10.2 Å². The van der Waals surface area contributed by atoms with Gasteiger partial charge in [-0.3, -0.25) is 4.79 Å². The van der Waals surface area contributed by atoms with E-state index in [2.05, 4.69) is 9.72 Å². The van der Waals surface area contributed by atoms with Gasteiger partial charge in [-0.1, -0.05) is 11.3 Å². The fourth-order valence-corrected chi connectivity index (χ4v) is 2.98. The number of hydrogen-bond donors (Lipinski definition) is 0. The average Bonchev–Trinajstić information content (AvgIpc) is 2.89. The molecule has 0 N–H and O–H groups in total. The number of esters is 1. The molecule has 0 radical (unpaired) electrons. The standard InChI is InChI=1S/C14H15F3N2O2S/c1-3-19(7-6-12(20)21-2)13-18-10-8-9(14(15,16)17)4-5-11(10)22-13/h4-5,8H,3,6-7H2,1-2H3. The van der Waals surface area contributed by atoms with Gasteiger partial charge in [0.2, 0.25) is 0 Å². The van der Waals surface area contributed by atoms with Crippen LogP contribution in [0, 0.1) is 0 Å². The molecule has 0 atom stereocenters. The van der Waals surface area contributed by atoms with Gasteiger partial charge in [-0.05, 0) is 25.1 Å². The molecule has 0 aliphatic carbocycles. The van der Waals surface area contributed by atoms with Crippen LogP contribution in [0.3, 0.4) is 0 Å². The molecule has 0 aliphatic heterocycles. The molecule has 0 saturated heterocycles. The summed E-state index contributed by atoms with van der Waals surface area (Å²) in [6.07, 6.45) is -4.18. The van der Waals surface area contributed by atoms with Gasteiger partial charge in [0.15, 0.2) is 5.13 Å². The summed E-state index contributed by atoms with van der Waals surface area (Å²) in [5.74, 6) is -0.334. The van der Waals surface area contributed by atoms with Crippen molar-refractivity contribution < 1.29 is 22.7 Å². The Balaban J connectivity index is 2.25. The van der Waals surface area contributed by atoms with E-state index in [0.29, 0.717) is 28.4 Å². The molecule has 4 nitrogen and oxygen atoms in total. The van der Waals surface area contributed by atoms with Crippen molar-refractivity contribution >= 4 is 32.7 Å². The zero-order valence-corrected chi connectivity index (χ0v) is 12.9. The lowest BCUT2D eigenvalue weighted by atomic mass is 10.2. The maximum atomic E-state index is 12.7. The molecule has 2 aromatic rings. The number of nitrogens with zero attached hydrogens (tertiary/aromatic N) is 2. The zero-order valence-electron chi connectivity index (χ0n) is 12.1. The third-order valence-electron chi connectivity index (χ3n) is 3.17. The first-order valence-electron chi connectivity index (χ1n) is 6.64. The number of thiazole rings is 1. The number of carbonyl (C=O) groups excluding carboxylic acids is 1. The highest BCUT2D eigenvalue weighted by Gasteiger charge is 2.30. The molecule has 0 fully saturated rings. The number of methoxy groups -OCH3 is 1. The van der Waals surface area contributed by atoms with Crippen molar-refractivity contribution in [2.75, 3.05) is 25.1 Å². The van der Waals surface area contributed by atoms with Gasteiger partial charge in [0.1, 0.15) is 0 Å². The van der Waals surface area contributed by atoms with Crippen LogP contribution in [-0.2, 0) is 15.7 Å². The Morgan fingerprint density at radius 1 is 1.41 bits per heavy atom. The molecule has 0 bridgehead atoms. The number of ether oxygens (including phenoxy) is 1. The molecule has 1 aromatic carbocycles. The number of rotatable bonds is 5. The molecule has 0 amide bonds. The van der Waals surface area contributed by atoms with Crippen molar-refractivity contribution in [2.24, 2.45) is 0 Å². The van der Waals surface area contributed by atoms with E-state index in [1.54, 1.807) is 0 Å². The van der Waals surface area contributed by atoms with Crippen LogP contribution in [0.5, 0.6) is 0 Å². The Hall–Kier alpha value is -1.83. The number of carbonyl (C=O) groups is 1. The maximum absolute atomic E-state index is 12.7. The summed E-state index contributed by atoms with van der Waals surface area (Å²) in [5, 5.41) is 0.598. The number of alkyl halides is 3. The van der Waals surface area contributed by atoms with E-state index in [4.69, 9.17) is 0 Å². The van der Waals surface area contributed by atoms with Crippen molar-refractivity contribution in [1.82, 2.24) is 4.98 Å². The average molecular weight is 332 g/mol. The molecule has 0 saturated carbocycles. The van der Waals surface area contributed by atoms with E-state index in [1.807, 2.05) is 11.8 Å². The smallest absolute Gasteiger partial charge is 0.416 e. The molecule has 22 heavy (non-hydrogen) atoms. The zero-order chi connectivity index (χ0) is 16.3. The monoisotopic (exact) mass is 332 g/mol. The fraction of sp³-hybridized carbons (Fsp3) is 0.429. The Morgan fingerprint density at radius 3 is 2.73 bits per heavy atom. The molecule has 0 unspecified atom stereocenters. The molecule has 1 aromatic heterocycles. The van der Waals surface area contributed by atoms with Crippen molar-refractivity contribution in [3.8, 4) is 0 Å². The number of aromatic nitrogens is 1. The second-order valence-corrected chi connectivity index (χ2v) is 5.59. The normalized spacial score (nSPS) is 11.7. The predicted octanol–water partition coefficient (Wildman–Crippen LogP) is 3.70. The molecule has 8 heteroatoms. The second kappa shape index (κ2) is 6.51. The second-order valence-electron chi connectivity index (χ2n) is 4.58. The topological polar surface area (TPSA) is 42.4 Å². The largest absolute Gasteiger partial charge is 0.469 e. The summed E-state index contributed by atoms with van der Waals surface area (Å²) in [5.41, 5.74) is -0.402. The van der Waals surface area contributed by atoms with Gasteiger partial charge in [-0.2, -0.15) is 13.2 Å². The first-order chi connectivity index (χ1) is 10.3. The minimum absolute atomic E-state index is 0.202. The van der Waals surface area contributed by atoms with Gasteiger partial charge in [0.05, 0.1) is 29.3 Å². The van der Waals surface area contributed by atoms with Gasteiger partial charge >= 0.3 is 12.1 Å². The van der Waals surface area contributed by atoms with Crippen molar-refractivity contribution in [3.63, 3.8) is 0 Å². The number of anilines is 1. The van der Waals surface area contributed by atoms with Gasteiger partial charge in [0, 0.05) is 13.1 Å². The van der Waals surface area contributed by atoms with Crippen LogP contribution >= 0.6 is 11.3 Å². The van der Waals surface area contributed by atoms with E-state index in [-0.39, 0.29) is 12.4 Å². The summed E-state index contributed by atoms with van der Waals surface area (Å²) >= 11 is 1.30. The molecule has 120 valence electrons. The summed E-state index contributed by atoms with van der Waals surface area (Å²) < 4.78 is 43.4. The Labute approximate surface area is 129 Å². The number of halogens is 3. The Morgan fingerprint density at radius 2 is 2.14 bits per heavy atom. The van der Waals surface area contributed by atoms with E-state index in [1.165, 1.54) is 24.5 Å². The summed E-state index contributed by atoms with van der Waals surface area (Å²) in [6, 6.07) is 3.52. The van der Waals surface area contributed by atoms with Gasteiger partial charge < -0.3 is 9.64 Å². The fourth-order valence-electron chi connectivity index (χ4n) is 1.94. The number of benzene rings is 1. The molecular formula is C14H15F3N2O2S. The highest BCUT2D eigenvalue weighted by atomic mass is 32.1. The molecule has 0 spiro atoms. The van der Waals surface area contributed by atoms with Crippen molar-refractivity contribution in [2.45, 2.75) is 19.5 Å². The molecule has 0 aliphatic rings. The third-order valence-corrected chi connectivity index (χ3v) is 4.27. The van der Waals surface area contributed by atoms with Crippen LogP contribution in [0.4, 0.5) is 18.3 Å². The predicted molar refractivity (Wildman–Crippen MR) is 79.1 cm³/mol. The lowest BCUT2D eigenvalue weighted by Gasteiger charge is -2.18. The minimum atomic E-state index is -4.38. The highest BCUT2D eigenvalue weighted by Crippen LogP contribution is 2.34. The van der Waals surface area contributed by atoms with Crippen LogP contribution in [0.15, 0.2) is 18.2 Å². The SMILES string of the molecule is CCN(CCC(=O)OC)c1nc2cc(C(F)(F)F)ccc2s1. The van der Waals surface area contributed by atoms with Crippen molar-refractivity contribution in [1.29, 1.82) is 0 Å². The summed E-state index contributed by atoms with van der Waals surface area (Å²) in [4.78, 5) is 17.3. The molecular weight excluding hydrogens is 317 g/mol. The first kappa shape index (κ1) is 16.5. The Bertz CT molecular complexity index is 670. The van der Waals surface area contributed by atoms with Crippen LogP contribution < -0.4 is 4.90 Å². The van der Waals surface area contributed by atoms with Crippen molar-refractivity contribution in [3.05, 3.63) is 23.8 Å². The van der Waals surface area contributed by atoms with E-state index in [0.717, 1.165) is 12.1 Å². The quantitative estimate of drug-likeness (QED) is 0.783. The first-order valence-corrected chi connectivity index (χ1v) is 7.46. The van der Waals surface area contributed by atoms with Crippen LogP contribution in [0.2, 0.25) is 0 Å².